The maximum Gasteiger partial charge on any atom is 0.124 e. The van der Waals surface area contributed by atoms with E-state index in [-0.39, 0.29) is 0 Å². The summed E-state index contributed by atoms with van der Waals surface area (Å²) in [5.74, 6) is 6.13. The van der Waals surface area contributed by atoms with E-state index in [0.717, 1.165) is 23.4 Å². The number of hydrazine groups is 1. The Morgan fingerprint density at radius 1 is 1.27 bits per heavy atom. The summed E-state index contributed by atoms with van der Waals surface area (Å²) < 4.78 is 5.30. The summed E-state index contributed by atoms with van der Waals surface area (Å²) >= 11 is 0. The third-order valence-electron chi connectivity index (χ3n) is 2.28. The van der Waals surface area contributed by atoms with Gasteiger partial charge in [0, 0.05) is 6.54 Å². The lowest BCUT2D eigenvalue weighted by molar-refractivity contribution is 0.408. The lowest BCUT2D eigenvalue weighted by Gasteiger charge is -2.11. The van der Waals surface area contributed by atoms with Crippen LogP contribution in [0, 0.1) is 13.8 Å². The zero-order valence-corrected chi connectivity index (χ0v) is 9.55. The Morgan fingerprint density at radius 3 is 2.33 bits per heavy atom. The predicted molar refractivity (Wildman–Crippen MR) is 61.5 cm³/mol. The first-order chi connectivity index (χ1) is 7.19. The van der Waals surface area contributed by atoms with Gasteiger partial charge in [-0.3, -0.25) is 11.2 Å². The molecule has 1 aromatic carbocycles. The molecule has 1 aromatic rings. The number of aryl methyl sites for hydroxylation is 2. The summed E-state index contributed by atoms with van der Waals surface area (Å²) in [6, 6.07) is 4.24. The van der Waals surface area contributed by atoms with Crippen molar-refractivity contribution in [2.45, 2.75) is 20.4 Å². The van der Waals surface area contributed by atoms with Gasteiger partial charge in [-0.1, -0.05) is 12.1 Å². The van der Waals surface area contributed by atoms with Gasteiger partial charge in [0.2, 0.25) is 0 Å². The van der Waals surface area contributed by atoms with E-state index in [1.54, 1.807) is 7.11 Å². The van der Waals surface area contributed by atoms with E-state index >= 15 is 0 Å². The number of ether oxygens (including phenoxy) is 1. The lowest BCUT2D eigenvalue weighted by Crippen LogP contribution is -2.33. The average Bonchev–Trinajstić information content (AvgIpc) is 2.18. The van der Waals surface area contributed by atoms with E-state index in [2.05, 4.69) is 36.7 Å². The summed E-state index contributed by atoms with van der Waals surface area (Å²) in [5, 5.41) is 3.17. The minimum Gasteiger partial charge on any atom is -0.496 e. The fraction of sp³-hybridized carbons (Fsp3) is 0.455. The van der Waals surface area contributed by atoms with Gasteiger partial charge < -0.3 is 4.74 Å². The van der Waals surface area contributed by atoms with Crippen molar-refractivity contribution in [3.63, 3.8) is 0 Å². The standard InChI is InChI=1S/C11H19N3O/c1-8-4-10(6-13-7-14-12)5-9(2)11(8)15-3/h4-5,13-14H,6-7,12H2,1-3H3. The second kappa shape index (κ2) is 5.70. The molecule has 1 rings (SSSR count). The molecule has 15 heavy (non-hydrogen) atoms. The first-order valence-electron chi connectivity index (χ1n) is 4.97. The Morgan fingerprint density at radius 2 is 1.87 bits per heavy atom. The molecule has 0 bridgehead atoms. The second-order valence-corrected chi connectivity index (χ2v) is 3.57. The summed E-state index contributed by atoms with van der Waals surface area (Å²) in [5.41, 5.74) is 6.12. The van der Waals surface area contributed by atoms with Crippen LogP contribution in [0.5, 0.6) is 5.75 Å². The maximum atomic E-state index is 5.30. The molecule has 0 aliphatic rings. The molecule has 0 radical (unpaired) electrons. The summed E-state index contributed by atoms with van der Waals surface area (Å²) in [4.78, 5) is 0. The molecule has 4 N–H and O–H groups in total. The van der Waals surface area contributed by atoms with E-state index in [4.69, 9.17) is 10.6 Å². The van der Waals surface area contributed by atoms with Gasteiger partial charge in [-0.2, -0.15) is 0 Å². The van der Waals surface area contributed by atoms with Gasteiger partial charge in [0.1, 0.15) is 5.75 Å². The van der Waals surface area contributed by atoms with Crippen molar-refractivity contribution >= 4 is 0 Å². The van der Waals surface area contributed by atoms with E-state index in [0.29, 0.717) is 6.67 Å². The molecule has 0 saturated heterocycles. The van der Waals surface area contributed by atoms with Crippen LogP contribution in [0.4, 0.5) is 0 Å². The smallest absolute Gasteiger partial charge is 0.124 e. The van der Waals surface area contributed by atoms with Crippen LogP contribution in [0.3, 0.4) is 0 Å². The third kappa shape index (κ3) is 3.20. The number of nitrogens with one attached hydrogen (secondary N) is 2. The van der Waals surface area contributed by atoms with Gasteiger partial charge in [0.25, 0.3) is 0 Å². The first kappa shape index (κ1) is 12.0. The van der Waals surface area contributed by atoms with Crippen molar-refractivity contribution in [3.05, 3.63) is 28.8 Å². The van der Waals surface area contributed by atoms with Gasteiger partial charge in [-0.25, -0.2) is 5.43 Å². The largest absolute Gasteiger partial charge is 0.496 e. The molecule has 0 heterocycles. The first-order valence-corrected chi connectivity index (χ1v) is 4.97. The minimum absolute atomic E-state index is 0.601. The third-order valence-corrected chi connectivity index (χ3v) is 2.28. The number of hydrogen-bond acceptors (Lipinski definition) is 4. The average molecular weight is 209 g/mol. The second-order valence-electron chi connectivity index (χ2n) is 3.57. The SMILES string of the molecule is COc1c(C)cc(CNCNN)cc1C. The summed E-state index contributed by atoms with van der Waals surface area (Å²) in [6.45, 7) is 5.51. The highest BCUT2D eigenvalue weighted by Gasteiger charge is 2.04. The van der Waals surface area contributed by atoms with Crippen LogP contribution < -0.4 is 21.3 Å². The molecule has 4 heteroatoms. The molecule has 0 saturated carbocycles. The fourth-order valence-corrected chi connectivity index (χ4v) is 1.74. The van der Waals surface area contributed by atoms with Gasteiger partial charge in [-0.05, 0) is 30.5 Å². The van der Waals surface area contributed by atoms with Gasteiger partial charge in [-0.15, -0.1) is 0 Å². The maximum absolute atomic E-state index is 5.30. The highest BCUT2D eigenvalue weighted by molar-refractivity contribution is 5.43. The molecular weight excluding hydrogens is 190 g/mol. The van der Waals surface area contributed by atoms with Crippen molar-refractivity contribution in [2.24, 2.45) is 5.84 Å². The molecule has 84 valence electrons. The van der Waals surface area contributed by atoms with Crippen molar-refractivity contribution in [1.82, 2.24) is 10.7 Å². The van der Waals surface area contributed by atoms with Crippen molar-refractivity contribution < 1.29 is 4.74 Å². The Bertz CT molecular complexity index is 303. The molecule has 4 nitrogen and oxygen atoms in total. The van der Waals surface area contributed by atoms with Crippen molar-refractivity contribution in [1.29, 1.82) is 0 Å². The van der Waals surface area contributed by atoms with Crippen LogP contribution in [-0.2, 0) is 6.54 Å². The minimum atomic E-state index is 0.601. The Kier molecular flexibility index (Phi) is 4.55. The highest BCUT2D eigenvalue weighted by Crippen LogP contribution is 2.24. The van der Waals surface area contributed by atoms with Gasteiger partial charge in [0.15, 0.2) is 0 Å². The van der Waals surface area contributed by atoms with Gasteiger partial charge >= 0.3 is 0 Å². The molecular formula is C11H19N3O. The molecule has 0 amide bonds. The molecule has 0 aliphatic heterocycles. The van der Waals surface area contributed by atoms with Crippen molar-refractivity contribution in [3.8, 4) is 5.75 Å². The van der Waals surface area contributed by atoms with E-state index in [1.807, 2.05) is 0 Å². The molecule has 0 atom stereocenters. The zero-order valence-electron chi connectivity index (χ0n) is 9.55. The monoisotopic (exact) mass is 209 g/mol. The Balaban J connectivity index is 2.75. The molecule has 0 fully saturated rings. The van der Waals surface area contributed by atoms with Crippen LogP contribution in [0.1, 0.15) is 16.7 Å². The van der Waals surface area contributed by atoms with Crippen LogP contribution in [0.2, 0.25) is 0 Å². The molecule has 0 spiro atoms. The van der Waals surface area contributed by atoms with Crippen molar-refractivity contribution in [2.75, 3.05) is 13.8 Å². The normalized spacial score (nSPS) is 10.4. The highest BCUT2D eigenvalue weighted by atomic mass is 16.5. The number of benzene rings is 1. The number of nitrogens with two attached hydrogens (primary N) is 1. The predicted octanol–water partition coefficient (Wildman–Crippen LogP) is 0.822. The zero-order chi connectivity index (χ0) is 11.3. The lowest BCUT2D eigenvalue weighted by atomic mass is 10.1. The molecule has 0 aromatic heterocycles. The topological polar surface area (TPSA) is 59.3 Å². The van der Waals surface area contributed by atoms with Crippen LogP contribution in [0.25, 0.3) is 0 Å². The number of rotatable bonds is 5. The van der Waals surface area contributed by atoms with Gasteiger partial charge in [0.05, 0.1) is 13.8 Å². The van der Waals surface area contributed by atoms with Crippen LogP contribution >= 0.6 is 0 Å². The Hall–Kier alpha value is -1.10. The fourth-order valence-electron chi connectivity index (χ4n) is 1.74. The van der Waals surface area contributed by atoms with Crippen LogP contribution in [0.15, 0.2) is 12.1 Å². The summed E-state index contributed by atoms with van der Waals surface area (Å²) in [6.07, 6.45) is 0. The van der Waals surface area contributed by atoms with E-state index < -0.39 is 0 Å². The molecule has 0 aliphatic carbocycles. The Labute approximate surface area is 90.8 Å². The number of methoxy groups -OCH3 is 1. The number of hydrogen-bond donors (Lipinski definition) is 3. The van der Waals surface area contributed by atoms with Crippen LogP contribution in [-0.4, -0.2) is 13.8 Å². The summed E-state index contributed by atoms with van der Waals surface area (Å²) in [7, 11) is 1.70. The quantitative estimate of drug-likeness (QED) is 0.291. The van der Waals surface area contributed by atoms with E-state index in [1.165, 1.54) is 5.56 Å². The molecule has 0 unspecified atom stereocenters. The van der Waals surface area contributed by atoms with E-state index in [9.17, 15) is 0 Å².